The minimum absolute atomic E-state index is 0. The van der Waals surface area contributed by atoms with Crippen LogP contribution in [0.3, 0.4) is 0 Å². The van der Waals surface area contributed by atoms with Gasteiger partial charge in [-0.1, -0.05) is 12.1 Å². The number of piperidine rings is 1. The van der Waals surface area contributed by atoms with Crippen LogP contribution in [0.25, 0.3) is 0 Å². The molecule has 0 bridgehead atoms. The minimum Gasteiger partial charge on any atom is -0.465 e. The highest BCUT2D eigenvalue weighted by Crippen LogP contribution is 2.14. The van der Waals surface area contributed by atoms with Crippen molar-refractivity contribution >= 4 is 18.4 Å². The maximum atomic E-state index is 11.4. The van der Waals surface area contributed by atoms with Gasteiger partial charge in [0.25, 0.3) is 0 Å². The van der Waals surface area contributed by atoms with Crippen molar-refractivity contribution in [1.82, 2.24) is 10.2 Å². The van der Waals surface area contributed by atoms with Crippen LogP contribution in [0.4, 0.5) is 0 Å². The van der Waals surface area contributed by atoms with Crippen LogP contribution in [-0.4, -0.2) is 44.2 Å². The lowest BCUT2D eigenvalue weighted by atomic mass is 10.0. The molecule has 1 fully saturated rings. The topological polar surface area (TPSA) is 41.6 Å². The number of nitrogens with zero attached hydrogens (tertiary/aromatic N) is 1. The van der Waals surface area contributed by atoms with Crippen LogP contribution >= 0.6 is 12.4 Å². The van der Waals surface area contributed by atoms with Crippen LogP contribution in [0.1, 0.15) is 28.8 Å². The molecule has 1 N–H and O–H groups in total. The van der Waals surface area contributed by atoms with Crippen molar-refractivity contribution in [3.05, 3.63) is 35.4 Å². The Morgan fingerprint density at radius 1 is 1.40 bits per heavy atom. The van der Waals surface area contributed by atoms with E-state index in [1.165, 1.54) is 25.5 Å². The lowest BCUT2D eigenvalue weighted by Crippen LogP contribution is -2.43. The van der Waals surface area contributed by atoms with Gasteiger partial charge in [-0.15, -0.1) is 12.4 Å². The van der Waals surface area contributed by atoms with E-state index in [1.54, 1.807) is 0 Å². The van der Waals surface area contributed by atoms with E-state index in [9.17, 15) is 4.79 Å². The van der Waals surface area contributed by atoms with Crippen molar-refractivity contribution < 1.29 is 9.53 Å². The predicted molar refractivity (Wildman–Crippen MR) is 82.4 cm³/mol. The number of carbonyl (C=O) groups excluding carboxylic acids is 1. The fourth-order valence-corrected chi connectivity index (χ4v) is 2.56. The average molecular weight is 299 g/mol. The zero-order valence-electron chi connectivity index (χ0n) is 12.1. The first-order valence-electron chi connectivity index (χ1n) is 6.80. The Labute approximate surface area is 126 Å². The van der Waals surface area contributed by atoms with E-state index >= 15 is 0 Å². The van der Waals surface area contributed by atoms with Crippen LogP contribution < -0.4 is 5.32 Å². The van der Waals surface area contributed by atoms with Gasteiger partial charge in [0.15, 0.2) is 0 Å². The summed E-state index contributed by atoms with van der Waals surface area (Å²) in [5.74, 6) is -0.278. The standard InChI is InChI=1S/C15H22N2O2.ClH/c1-16-14-4-3-9-17(11-14)10-12-5-7-13(8-6-12)15(18)19-2;/h5-8,14,16H,3-4,9-11H2,1-2H3;1H. The fourth-order valence-electron chi connectivity index (χ4n) is 2.56. The van der Waals surface area contributed by atoms with Gasteiger partial charge in [0.05, 0.1) is 12.7 Å². The summed E-state index contributed by atoms with van der Waals surface area (Å²) in [6.07, 6.45) is 2.50. The maximum Gasteiger partial charge on any atom is 0.337 e. The predicted octanol–water partition coefficient (Wildman–Crippen LogP) is 2.08. The van der Waals surface area contributed by atoms with Gasteiger partial charge in [-0.25, -0.2) is 4.79 Å². The van der Waals surface area contributed by atoms with E-state index in [4.69, 9.17) is 4.74 Å². The van der Waals surface area contributed by atoms with Gasteiger partial charge in [-0.3, -0.25) is 4.90 Å². The molecule has 20 heavy (non-hydrogen) atoms. The van der Waals surface area contributed by atoms with Gasteiger partial charge in [0.2, 0.25) is 0 Å². The molecule has 1 aromatic carbocycles. The molecule has 1 aliphatic rings. The van der Waals surface area contributed by atoms with Crippen molar-refractivity contribution in [2.24, 2.45) is 0 Å². The van der Waals surface area contributed by atoms with Crippen LogP contribution in [0, 0.1) is 0 Å². The summed E-state index contributed by atoms with van der Waals surface area (Å²) in [5.41, 5.74) is 1.85. The van der Waals surface area contributed by atoms with Gasteiger partial charge in [0.1, 0.15) is 0 Å². The molecule has 2 rings (SSSR count). The molecule has 1 atom stereocenters. The quantitative estimate of drug-likeness (QED) is 0.864. The van der Waals surface area contributed by atoms with Crippen molar-refractivity contribution in [2.75, 3.05) is 27.2 Å². The molecule has 1 aliphatic heterocycles. The monoisotopic (exact) mass is 298 g/mol. The second-order valence-electron chi connectivity index (χ2n) is 5.05. The van der Waals surface area contributed by atoms with Crippen LogP contribution in [0.5, 0.6) is 0 Å². The number of methoxy groups -OCH3 is 1. The van der Waals surface area contributed by atoms with Crippen molar-refractivity contribution in [3.8, 4) is 0 Å². The van der Waals surface area contributed by atoms with Gasteiger partial charge in [-0.2, -0.15) is 0 Å². The first-order chi connectivity index (χ1) is 9.22. The molecule has 0 saturated carbocycles. The lowest BCUT2D eigenvalue weighted by molar-refractivity contribution is 0.0600. The SMILES string of the molecule is CNC1CCCN(Cc2ccc(C(=O)OC)cc2)C1.Cl. The van der Waals surface area contributed by atoms with Crippen molar-refractivity contribution in [1.29, 1.82) is 0 Å². The molecule has 112 valence electrons. The second kappa shape index (κ2) is 8.25. The Morgan fingerprint density at radius 2 is 2.10 bits per heavy atom. The Bertz CT molecular complexity index is 422. The molecule has 0 aromatic heterocycles. The molecule has 4 nitrogen and oxygen atoms in total. The van der Waals surface area contributed by atoms with E-state index < -0.39 is 0 Å². The number of likely N-dealkylation sites (tertiary alicyclic amines) is 1. The van der Waals surface area contributed by atoms with E-state index in [-0.39, 0.29) is 18.4 Å². The molecule has 5 heteroatoms. The third-order valence-electron chi connectivity index (χ3n) is 3.69. The first-order valence-corrected chi connectivity index (χ1v) is 6.80. The molecule has 0 radical (unpaired) electrons. The molecule has 0 aliphatic carbocycles. The molecule has 1 saturated heterocycles. The number of hydrogen-bond donors (Lipinski definition) is 1. The zero-order chi connectivity index (χ0) is 13.7. The van der Waals surface area contributed by atoms with E-state index in [2.05, 4.69) is 10.2 Å². The highest BCUT2D eigenvalue weighted by molar-refractivity contribution is 5.89. The first kappa shape index (κ1) is 17.0. The van der Waals surface area contributed by atoms with Crippen molar-refractivity contribution in [2.45, 2.75) is 25.4 Å². The number of halogens is 1. The van der Waals surface area contributed by atoms with Gasteiger partial charge in [-0.05, 0) is 44.1 Å². The van der Waals surface area contributed by atoms with Gasteiger partial charge >= 0.3 is 5.97 Å². The normalized spacial score (nSPS) is 19.2. The Morgan fingerprint density at radius 3 is 2.70 bits per heavy atom. The number of benzene rings is 1. The summed E-state index contributed by atoms with van der Waals surface area (Å²) >= 11 is 0. The third-order valence-corrected chi connectivity index (χ3v) is 3.69. The minimum atomic E-state index is -0.278. The Hall–Kier alpha value is -1.10. The molecule has 1 aromatic rings. The highest BCUT2D eigenvalue weighted by atomic mass is 35.5. The van der Waals surface area contributed by atoms with Gasteiger partial charge < -0.3 is 10.1 Å². The number of rotatable bonds is 4. The number of esters is 1. The maximum absolute atomic E-state index is 11.4. The van der Waals surface area contributed by atoms with Crippen LogP contribution in [0.15, 0.2) is 24.3 Å². The third kappa shape index (κ3) is 4.47. The summed E-state index contributed by atoms with van der Waals surface area (Å²) in [7, 11) is 3.43. The summed E-state index contributed by atoms with van der Waals surface area (Å²) < 4.78 is 4.70. The van der Waals surface area contributed by atoms with Crippen LogP contribution in [-0.2, 0) is 11.3 Å². The molecule has 0 spiro atoms. The number of ether oxygens (including phenoxy) is 1. The lowest BCUT2D eigenvalue weighted by Gasteiger charge is -2.32. The number of nitrogens with one attached hydrogen (secondary N) is 1. The average Bonchev–Trinajstić information content (AvgIpc) is 2.47. The smallest absolute Gasteiger partial charge is 0.337 e. The Kier molecular flexibility index (Phi) is 6.99. The number of likely N-dealkylation sites (N-methyl/N-ethyl adjacent to an activating group) is 1. The van der Waals surface area contributed by atoms with Gasteiger partial charge in [0, 0.05) is 19.1 Å². The number of carbonyl (C=O) groups is 1. The zero-order valence-corrected chi connectivity index (χ0v) is 12.9. The molecule has 0 amide bonds. The summed E-state index contributed by atoms with van der Waals surface area (Å²) in [6.45, 7) is 3.19. The summed E-state index contributed by atoms with van der Waals surface area (Å²) in [4.78, 5) is 13.8. The van der Waals surface area contributed by atoms with E-state index in [0.717, 1.165) is 19.6 Å². The highest BCUT2D eigenvalue weighted by Gasteiger charge is 2.18. The molecule has 1 heterocycles. The fraction of sp³-hybridized carbons (Fsp3) is 0.533. The molecular weight excluding hydrogens is 276 g/mol. The van der Waals surface area contributed by atoms with Crippen LogP contribution in [0.2, 0.25) is 0 Å². The summed E-state index contributed by atoms with van der Waals surface area (Å²) in [6, 6.07) is 8.29. The number of hydrogen-bond acceptors (Lipinski definition) is 4. The summed E-state index contributed by atoms with van der Waals surface area (Å²) in [5, 5.41) is 3.35. The largest absolute Gasteiger partial charge is 0.465 e. The molecular formula is C15H23ClN2O2. The van der Waals surface area contributed by atoms with E-state index in [1.807, 2.05) is 31.3 Å². The van der Waals surface area contributed by atoms with Crippen molar-refractivity contribution in [3.63, 3.8) is 0 Å². The second-order valence-corrected chi connectivity index (χ2v) is 5.05. The van der Waals surface area contributed by atoms with E-state index in [0.29, 0.717) is 11.6 Å². The molecule has 1 unspecified atom stereocenters. The Balaban J connectivity index is 0.00000200.